The van der Waals surface area contributed by atoms with Gasteiger partial charge in [0.25, 0.3) is 0 Å². The van der Waals surface area contributed by atoms with E-state index in [2.05, 4.69) is 57.2 Å². The molecule has 0 heterocycles. The van der Waals surface area contributed by atoms with Crippen LogP contribution in [-0.2, 0) is 0 Å². The maximum Gasteiger partial charge on any atom is 0.0316 e. The molecule has 1 heteroatoms. The first-order valence-electron chi connectivity index (χ1n) is 7.04. The molecule has 1 nitrogen and oxygen atoms in total. The van der Waals surface area contributed by atoms with Gasteiger partial charge in [0, 0.05) is 11.6 Å². The Labute approximate surface area is 116 Å². The zero-order valence-electron chi connectivity index (χ0n) is 12.1. The number of benzene rings is 2. The van der Waals surface area contributed by atoms with E-state index in [-0.39, 0.29) is 0 Å². The molecule has 19 heavy (non-hydrogen) atoms. The van der Waals surface area contributed by atoms with Crippen LogP contribution in [0.1, 0.15) is 47.9 Å². The van der Waals surface area contributed by atoms with Crippen LogP contribution in [0.5, 0.6) is 0 Å². The highest BCUT2D eigenvalue weighted by Gasteiger charge is 2.15. The fraction of sp³-hybridized carbons (Fsp3) is 0.333. The van der Waals surface area contributed by atoms with Gasteiger partial charge in [0.05, 0.1) is 0 Å². The fourth-order valence-corrected chi connectivity index (χ4v) is 2.68. The van der Waals surface area contributed by atoms with E-state index in [1.165, 1.54) is 35.1 Å². The van der Waals surface area contributed by atoms with E-state index >= 15 is 0 Å². The van der Waals surface area contributed by atoms with Crippen molar-refractivity contribution >= 4 is 5.69 Å². The highest BCUT2D eigenvalue weighted by molar-refractivity contribution is 5.47. The molecule has 2 rings (SSSR count). The van der Waals surface area contributed by atoms with Gasteiger partial charge in [-0.2, -0.15) is 0 Å². The maximum atomic E-state index is 5.86. The molecule has 0 spiro atoms. The van der Waals surface area contributed by atoms with Crippen LogP contribution in [0.25, 0.3) is 0 Å². The number of hydrogen-bond donors (Lipinski definition) is 1. The second kappa shape index (κ2) is 5.92. The topological polar surface area (TPSA) is 26.0 Å². The van der Waals surface area contributed by atoms with Crippen LogP contribution < -0.4 is 5.73 Å². The van der Waals surface area contributed by atoms with Crippen molar-refractivity contribution in [1.82, 2.24) is 0 Å². The Kier molecular flexibility index (Phi) is 4.26. The molecule has 0 saturated heterocycles. The minimum atomic E-state index is 0.478. The molecule has 0 aliphatic rings. The third-order valence-electron chi connectivity index (χ3n) is 3.73. The fourth-order valence-electron chi connectivity index (χ4n) is 2.68. The lowest BCUT2D eigenvalue weighted by atomic mass is 9.85. The highest BCUT2D eigenvalue weighted by Crippen LogP contribution is 2.32. The zero-order valence-corrected chi connectivity index (χ0v) is 12.1. The Morgan fingerprint density at radius 2 is 1.68 bits per heavy atom. The first-order chi connectivity index (χ1) is 9.11. The second-order valence-corrected chi connectivity index (χ2v) is 5.37. The summed E-state index contributed by atoms with van der Waals surface area (Å²) in [5.74, 6) is 0.478. The van der Waals surface area contributed by atoms with Gasteiger partial charge in [-0.1, -0.05) is 49.2 Å². The molecule has 2 N–H and O–H groups in total. The monoisotopic (exact) mass is 253 g/mol. The maximum absolute atomic E-state index is 5.86. The summed E-state index contributed by atoms with van der Waals surface area (Å²) in [6.07, 6.45) is 2.36. The van der Waals surface area contributed by atoms with Crippen molar-refractivity contribution < 1.29 is 0 Å². The van der Waals surface area contributed by atoms with Gasteiger partial charge >= 0.3 is 0 Å². The molecule has 0 aromatic heterocycles. The smallest absolute Gasteiger partial charge is 0.0316 e. The molecule has 2 aromatic carbocycles. The first-order valence-corrected chi connectivity index (χ1v) is 7.04. The Morgan fingerprint density at radius 3 is 2.26 bits per heavy atom. The van der Waals surface area contributed by atoms with Gasteiger partial charge < -0.3 is 5.73 Å². The molecule has 0 amide bonds. The summed E-state index contributed by atoms with van der Waals surface area (Å²) in [5.41, 5.74) is 12.1. The van der Waals surface area contributed by atoms with Crippen LogP contribution >= 0.6 is 0 Å². The summed E-state index contributed by atoms with van der Waals surface area (Å²) in [6.45, 7) is 6.53. The Morgan fingerprint density at radius 1 is 1.00 bits per heavy atom. The van der Waals surface area contributed by atoms with Crippen molar-refractivity contribution in [3.63, 3.8) is 0 Å². The van der Waals surface area contributed by atoms with Crippen molar-refractivity contribution in [1.29, 1.82) is 0 Å². The Balaban J connectivity index is 2.41. The standard InChI is InChI=1S/C18H23N/c1-4-5-18(15-8-6-13(2)7-9-15)17-11-10-16(19)12-14(17)3/h6-12,18H,4-5,19H2,1-3H3. The first kappa shape index (κ1) is 13.7. The van der Waals surface area contributed by atoms with Gasteiger partial charge in [-0.3, -0.25) is 0 Å². The number of hydrogen-bond acceptors (Lipinski definition) is 1. The minimum Gasteiger partial charge on any atom is -0.399 e. The van der Waals surface area contributed by atoms with Crippen molar-refractivity contribution in [3.05, 3.63) is 64.7 Å². The van der Waals surface area contributed by atoms with Gasteiger partial charge in [0.15, 0.2) is 0 Å². The number of nitrogen functional groups attached to an aromatic ring is 1. The molecule has 0 aliphatic heterocycles. The SMILES string of the molecule is CCCC(c1ccc(C)cc1)c1ccc(N)cc1C. The van der Waals surface area contributed by atoms with Gasteiger partial charge in [-0.25, -0.2) is 0 Å². The molecule has 0 saturated carbocycles. The summed E-state index contributed by atoms with van der Waals surface area (Å²) in [7, 11) is 0. The zero-order chi connectivity index (χ0) is 13.8. The predicted molar refractivity (Wildman–Crippen MR) is 83.5 cm³/mol. The summed E-state index contributed by atoms with van der Waals surface area (Å²) in [5, 5.41) is 0. The van der Waals surface area contributed by atoms with Gasteiger partial charge in [0.1, 0.15) is 0 Å². The average Bonchev–Trinajstić information content (AvgIpc) is 2.38. The molecule has 0 fully saturated rings. The second-order valence-electron chi connectivity index (χ2n) is 5.37. The van der Waals surface area contributed by atoms with E-state index in [4.69, 9.17) is 5.73 Å². The summed E-state index contributed by atoms with van der Waals surface area (Å²) >= 11 is 0. The lowest BCUT2D eigenvalue weighted by molar-refractivity contribution is 0.695. The van der Waals surface area contributed by atoms with Gasteiger partial charge in [-0.15, -0.1) is 0 Å². The van der Waals surface area contributed by atoms with E-state index in [1.807, 2.05) is 6.07 Å². The Hall–Kier alpha value is -1.76. The molecule has 0 aliphatic carbocycles. The van der Waals surface area contributed by atoms with Crippen LogP contribution in [0, 0.1) is 13.8 Å². The van der Waals surface area contributed by atoms with E-state index in [9.17, 15) is 0 Å². The predicted octanol–water partition coefficient (Wildman–Crippen LogP) is 4.82. The van der Waals surface area contributed by atoms with E-state index < -0.39 is 0 Å². The van der Waals surface area contributed by atoms with E-state index in [0.29, 0.717) is 5.92 Å². The summed E-state index contributed by atoms with van der Waals surface area (Å²) in [6, 6.07) is 15.2. The summed E-state index contributed by atoms with van der Waals surface area (Å²) in [4.78, 5) is 0. The lowest BCUT2D eigenvalue weighted by Gasteiger charge is -2.20. The number of anilines is 1. The van der Waals surface area contributed by atoms with Crippen LogP contribution in [0.3, 0.4) is 0 Å². The molecular weight excluding hydrogens is 230 g/mol. The van der Waals surface area contributed by atoms with Crippen LogP contribution in [0.4, 0.5) is 5.69 Å². The molecule has 100 valence electrons. The van der Waals surface area contributed by atoms with Gasteiger partial charge in [0.2, 0.25) is 0 Å². The van der Waals surface area contributed by atoms with Gasteiger partial charge in [-0.05, 0) is 49.1 Å². The van der Waals surface area contributed by atoms with Crippen molar-refractivity contribution in [3.8, 4) is 0 Å². The molecule has 1 unspecified atom stereocenters. The molecule has 0 bridgehead atoms. The molecule has 1 atom stereocenters. The minimum absolute atomic E-state index is 0.478. The quantitative estimate of drug-likeness (QED) is 0.777. The summed E-state index contributed by atoms with van der Waals surface area (Å²) < 4.78 is 0. The number of aryl methyl sites for hydroxylation is 2. The largest absolute Gasteiger partial charge is 0.399 e. The van der Waals surface area contributed by atoms with Crippen molar-refractivity contribution in [2.75, 3.05) is 5.73 Å². The third-order valence-corrected chi connectivity index (χ3v) is 3.73. The normalized spacial score (nSPS) is 12.4. The molecular formula is C18H23N. The highest BCUT2D eigenvalue weighted by atomic mass is 14.5. The van der Waals surface area contributed by atoms with E-state index in [1.54, 1.807) is 0 Å². The number of rotatable bonds is 4. The van der Waals surface area contributed by atoms with Crippen molar-refractivity contribution in [2.24, 2.45) is 0 Å². The lowest BCUT2D eigenvalue weighted by Crippen LogP contribution is -2.04. The van der Waals surface area contributed by atoms with Crippen LogP contribution in [-0.4, -0.2) is 0 Å². The third kappa shape index (κ3) is 3.17. The molecule has 0 radical (unpaired) electrons. The van der Waals surface area contributed by atoms with Crippen LogP contribution in [0.15, 0.2) is 42.5 Å². The van der Waals surface area contributed by atoms with Crippen LogP contribution in [0.2, 0.25) is 0 Å². The Bertz CT molecular complexity index is 540. The number of nitrogens with two attached hydrogens (primary N) is 1. The average molecular weight is 253 g/mol. The molecule has 2 aromatic rings. The van der Waals surface area contributed by atoms with E-state index in [0.717, 1.165) is 5.69 Å². The van der Waals surface area contributed by atoms with Crippen molar-refractivity contribution in [2.45, 2.75) is 39.5 Å².